The third kappa shape index (κ3) is 7.54. The van der Waals surface area contributed by atoms with E-state index in [2.05, 4.69) is 17.6 Å². The molecule has 0 aromatic rings. The monoisotopic (exact) mass is 172 g/mol. The molecule has 0 unspecified atom stereocenters. The zero-order chi connectivity index (χ0) is 9.40. The van der Waals surface area contributed by atoms with Gasteiger partial charge in [-0.15, -0.1) is 0 Å². The van der Waals surface area contributed by atoms with Crippen LogP contribution in [0.1, 0.15) is 33.6 Å². The van der Waals surface area contributed by atoms with Crippen molar-refractivity contribution in [1.29, 1.82) is 0 Å². The van der Waals surface area contributed by atoms with Crippen LogP contribution in [0.2, 0.25) is 0 Å². The Morgan fingerprint density at radius 1 is 1.42 bits per heavy atom. The fraction of sp³-hybridized carbons (Fsp3) is 0.889. The quantitative estimate of drug-likeness (QED) is 0.584. The molecular formula is C9H20N2O. The average Bonchev–Trinajstić information content (AvgIpc) is 2.01. The van der Waals surface area contributed by atoms with Crippen LogP contribution in [0.4, 0.5) is 0 Å². The third-order valence-corrected chi connectivity index (χ3v) is 1.52. The van der Waals surface area contributed by atoms with E-state index in [9.17, 15) is 4.79 Å². The Morgan fingerprint density at radius 3 is 2.58 bits per heavy atom. The van der Waals surface area contributed by atoms with E-state index in [1.54, 1.807) is 0 Å². The van der Waals surface area contributed by atoms with E-state index < -0.39 is 0 Å². The lowest BCUT2D eigenvalue weighted by atomic mass is 10.3. The van der Waals surface area contributed by atoms with Gasteiger partial charge in [-0.2, -0.15) is 0 Å². The van der Waals surface area contributed by atoms with Crippen LogP contribution in [0.5, 0.6) is 0 Å². The predicted molar refractivity (Wildman–Crippen MR) is 51.1 cm³/mol. The number of rotatable bonds is 6. The standard InChI is InChI=1S/C9H20N2O/c1-4-5-6-10-9(12)7-11-8(2)3/h8,11H,4-7H2,1-3H3,(H,10,12). The topological polar surface area (TPSA) is 41.1 Å². The molecule has 0 bridgehead atoms. The zero-order valence-corrected chi connectivity index (χ0v) is 8.31. The summed E-state index contributed by atoms with van der Waals surface area (Å²) in [5.74, 6) is 0.0946. The molecule has 0 saturated carbocycles. The molecule has 0 rings (SSSR count). The van der Waals surface area contributed by atoms with E-state index >= 15 is 0 Å². The summed E-state index contributed by atoms with van der Waals surface area (Å²) in [6.07, 6.45) is 2.19. The number of carbonyl (C=O) groups excluding carboxylic acids is 1. The molecular weight excluding hydrogens is 152 g/mol. The summed E-state index contributed by atoms with van der Waals surface area (Å²) < 4.78 is 0. The van der Waals surface area contributed by atoms with Crippen molar-refractivity contribution >= 4 is 5.91 Å². The lowest BCUT2D eigenvalue weighted by molar-refractivity contribution is -0.120. The van der Waals surface area contributed by atoms with Crippen molar-refractivity contribution in [1.82, 2.24) is 10.6 Å². The lowest BCUT2D eigenvalue weighted by Gasteiger charge is -2.07. The Labute approximate surface area is 74.9 Å². The fourth-order valence-corrected chi connectivity index (χ4v) is 0.764. The van der Waals surface area contributed by atoms with Gasteiger partial charge in [0, 0.05) is 12.6 Å². The summed E-state index contributed by atoms with van der Waals surface area (Å²) in [5, 5.41) is 5.90. The van der Waals surface area contributed by atoms with E-state index in [0.29, 0.717) is 12.6 Å². The Morgan fingerprint density at radius 2 is 2.08 bits per heavy atom. The van der Waals surface area contributed by atoms with Gasteiger partial charge in [-0.25, -0.2) is 0 Å². The number of nitrogens with one attached hydrogen (secondary N) is 2. The molecule has 0 aromatic heterocycles. The van der Waals surface area contributed by atoms with Crippen LogP contribution < -0.4 is 10.6 Å². The van der Waals surface area contributed by atoms with Crippen LogP contribution in [-0.4, -0.2) is 25.0 Å². The van der Waals surface area contributed by atoms with Crippen LogP contribution in [0, 0.1) is 0 Å². The van der Waals surface area contributed by atoms with Crippen molar-refractivity contribution in [2.45, 2.75) is 39.7 Å². The molecule has 0 aliphatic carbocycles. The summed E-state index contributed by atoms with van der Waals surface area (Å²) >= 11 is 0. The minimum Gasteiger partial charge on any atom is -0.355 e. The van der Waals surface area contributed by atoms with E-state index in [1.165, 1.54) is 0 Å². The molecule has 2 N–H and O–H groups in total. The molecule has 0 aliphatic heterocycles. The van der Waals surface area contributed by atoms with Crippen molar-refractivity contribution in [3.05, 3.63) is 0 Å². The Balaban J connectivity index is 3.22. The van der Waals surface area contributed by atoms with Crippen molar-refractivity contribution in [3.63, 3.8) is 0 Å². The van der Waals surface area contributed by atoms with E-state index in [0.717, 1.165) is 19.4 Å². The van der Waals surface area contributed by atoms with Crippen molar-refractivity contribution in [3.8, 4) is 0 Å². The first-order valence-corrected chi connectivity index (χ1v) is 4.67. The summed E-state index contributed by atoms with van der Waals surface area (Å²) in [4.78, 5) is 11.0. The number of hydrogen-bond acceptors (Lipinski definition) is 2. The molecule has 3 heteroatoms. The van der Waals surface area contributed by atoms with Crippen LogP contribution in [-0.2, 0) is 4.79 Å². The maximum atomic E-state index is 11.0. The molecule has 0 spiro atoms. The minimum atomic E-state index is 0.0946. The molecule has 0 aliphatic rings. The first kappa shape index (κ1) is 11.4. The highest BCUT2D eigenvalue weighted by Crippen LogP contribution is 1.82. The Kier molecular flexibility index (Phi) is 6.76. The van der Waals surface area contributed by atoms with Gasteiger partial charge in [0.05, 0.1) is 6.54 Å². The predicted octanol–water partition coefficient (Wildman–Crippen LogP) is 0.901. The number of carbonyl (C=O) groups is 1. The molecule has 0 radical (unpaired) electrons. The summed E-state index contributed by atoms with van der Waals surface area (Å²) in [5.41, 5.74) is 0. The Hall–Kier alpha value is -0.570. The van der Waals surface area contributed by atoms with Crippen LogP contribution >= 0.6 is 0 Å². The highest BCUT2D eigenvalue weighted by atomic mass is 16.1. The van der Waals surface area contributed by atoms with Crippen molar-refractivity contribution < 1.29 is 4.79 Å². The molecule has 1 amide bonds. The first-order valence-electron chi connectivity index (χ1n) is 4.67. The van der Waals surface area contributed by atoms with E-state index in [1.807, 2.05) is 13.8 Å². The van der Waals surface area contributed by atoms with E-state index in [4.69, 9.17) is 0 Å². The van der Waals surface area contributed by atoms with Crippen LogP contribution in [0.25, 0.3) is 0 Å². The van der Waals surface area contributed by atoms with Crippen LogP contribution in [0.15, 0.2) is 0 Å². The fourth-order valence-electron chi connectivity index (χ4n) is 0.764. The smallest absolute Gasteiger partial charge is 0.233 e. The molecule has 0 atom stereocenters. The highest BCUT2D eigenvalue weighted by molar-refractivity contribution is 5.77. The van der Waals surface area contributed by atoms with Gasteiger partial charge in [0.2, 0.25) is 5.91 Å². The van der Waals surface area contributed by atoms with Gasteiger partial charge in [0.25, 0.3) is 0 Å². The molecule has 3 nitrogen and oxygen atoms in total. The second-order valence-electron chi connectivity index (χ2n) is 3.24. The van der Waals surface area contributed by atoms with Gasteiger partial charge in [-0.3, -0.25) is 4.79 Å². The normalized spacial score (nSPS) is 10.3. The molecule has 12 heavy (non-hydrogen) atoms. The number of amides is 1. The first-order chi connectivity index (χ1) is 5.66. The molecule has 0 aromatic carbocycles. The zero-order valence-electron chi connectivity index (χ0n) is 8.31. The highest BCUT2D eigenvalue weighted by Gasteiger charge is 1.99. The van der Waals surface area contributed by atoms with Gasteiger partial charge >= 0.3 is 0 Å². The maximum Gasteiger partial charge on any atom is 0.233 e. The number of unbranched alkanes of at least 4 members (excludes halogenated alkanes) is 1. The van der Waals surface area contributed by atoms with Gasteiger partial charge < -0.3 is 10.6 Å². The largest absolute Gasteiger partial charge is 0.355 e. The van der Waals surface area contributed by atoms with Gasteiger partial charge in [-0.1, -0.05) is 27.2 Å². The van der Waals surface area contributed by atoms with Gasteiger partial charge in [0.15, 0.2) is 0 Å². The molecule has 0 fully saturated rings. The minimum absolute atomic E-state index is 0.0946. The second kappa shape index (κ2) is 7.10. The molecule has 0 heterocycles. The SMILES string of the molecule is CCCCNC(=O)CNC(C)C. The summed E-state index contributed by atoms with van der Waals surface area (Å²) in [6, 6.07) is 0.377. The third-order valence-electron chi connectivity index (χ3n) is 1.52. The van der Waals surface area contributed by atoms with Gasteiger partial charge in [0.1, 0.15) is 0 Å². The number of hydrogen-bond donors (Lipinski definition) is 2. The van der Waals surface area contributed by atoms with Crippen molar-refractivity contribution in [2.24, 2.45) is 0 Å². The second-order valence-corrected chi connectivity index (χ2v) is 3.24. The molecule has 72 valence electrons. The lowest BCUT2D eigenvalue weighted by Crippen LogP contribution is -2.37. The summed E-state index contributed by atoms with van der Waals surface area (Å²) in [7, 11) is 0. The summed E-state index contributed by atoms with van der Waals surface area (Å²) in [6.45, 7) is 7.40. The van der Waals surface area contributed by atoms with Gasteiger partial charge in [-0.05, 0) is 6.42 Å². The maximum absolute atomic E-state index is 11.0. The van der Waals surface area contributed by atoms with Crippen LogP contribution in [0.3, 0.4) is 0 Å². The molecule has 0 saturated heterocycles. The Bertz CT molecular complexity index is 124. The van der Waals surface area contributed by atoms with Crippen molar-refractivity contribution in [2.75, 3.05) is 13.1 Å². The average molecular weight is 172 g/mol. The van der Waals surface area contributed by atoms with E-state index in [-0.39, 0.29) is 5.91 Å².